The van der Waals surface area contributed by atoms with Gasteiger partial charge in [0.2, 0.25) is 0 Å². The Morgan fingerprint density at radius 1 is 1.25 bits per heavy atom. The average Bonchev–Trinajstić information content (AvgIpc) is 3.39. The minimum atomic E-state index is -0.623. The molecule has 10 heteroatoms. The summed E-state index contributed by atoms with van der Waals surface area (Å²) >= 11 is 6.61. The Morgan fingerprint density at radius 2 is 1.97 bits per heavy atom. The van der Waals surface area contributed by atoms with E-state index in [-0.39, 0.29) is 23.3 Å². The monoisotopic (exact) mass is 470 g/mol. The maximum absolute atomic E-state index is 12.7. The Balaban J connectivity index is 1.39. The van der Waals surface area contributed by atoms with Gasteiger partial charge in [0.1, 0.15) is 10.1 Å². The van der Waals surface area contributed by atoms with Crippen molar-refractivity contribution < 1.29 is 24.0 Å². The molecule has 0 aromatic heterocycles. The Hall–Kier alpha value is -3.08. The lowest BCUT2D eigenvalue weighted by molar-refractivity contribution is -0.384. The van der Waals surface area contributed by atoms with Gasteiger partial charge >= 0.3 is 5.97 Å². The van der Waals surface area contributed by atoms with E-state index in [9.17, 15) is 19.7 Å². The maximum Gasteiger partial charge on any atom is 0.343 e. The summed E-state index contributed by atoms with van der Waals surface area (Å²) in [6.07, 6.45) is 3.70. The van der Waals surface area contributed by atoms with Crippen molar-refractivity contribution in [2.45, 2.75) is 18.9 Å². The smallest absolute Gasteiger partial charge is 0.343 e. The number of hydrogen-bond acceptors (Lipinski definition) is 8. The van der Waals surface area contributed by atoms with E-state index in [4.69, 9.17) is 21.7 Å². The number of nitrogens with zero attached hydrogens (tertiary/aromatic N) is 2. The highest BCUT2D eigenvalue weighted by Gasteiger charge is 2.34. The van der Waals surface area contributed by atoms with Crippen LogP contribution in [0.5, 0.6) is 5.75 Å². The summed E-state index contributed by atoms with van der Waals surface area (Å²) in [6, 6.07) is 11.9. The molecule has 2 aliphatic rings. The molecular formula is C22H18N2O6S2. The van der Waals surface area contributed by atoms with Crippen LogP contribution in [0.1, 0.15) is 28.8 Å². The van der Waals surface area contributed by atoms with Gasteiger partial charge in [-0.1, -0.05) is 36.1 Å². The zero-order chi connectivity index (χ0) is 22.7. The number of benzene rings is 2. The number of amides is 1. The Labute approximate surface area is 193 Å². The number of esters is 1. The van der Waals surface area contributed by atoms with Crippen LogP contribution in [0.15, 0.2) is 53.4 Å². The van der Waals surface area contributed by atoms with Gasteiger partial charge < -0.3 is 9.47 Å². The normalized spacial score (nSPS) is 19.6. The molecule has 2 heterocycles. The molecule has 1 atom stereocenters. The summed E-state index contributed by atoms with van der Waals surface area (Å²) in [7, 11) is 0. The molecule has 0 spiro atoms. The molecule has 0 bridgehead atoms. The molecular weight excluding hydrogens is 452 g/mol. The maximum atomic E-state index is 12.7. The number of hydrogen-bond donors (Lipinski definition) is 0. The molecule has 164 valence electrons. The molecule has 2 aromatic rings. The third kappa shape index (κ3) is 5.04. The summed E-state index contributed by atoms with van der Waals surface area (Å²) in [4.78, 5) is 37.2. The van der Waals surface area contributed by atoms with Crippen LogP contribution in [0.25, 0.3) is 6.08 Å². The summed E-state index contributed by atoms with van der Waals surface area (Å²) in [5.41, 5.74) is 0.861. The van der Waals surface area contributed by atoms with Crippen LogP contribution in [-0.4, -0.2) is 45.3 Å². The molecule has 2 aliphatic heterocycles. The number of non-ortho nitro benzene ring substituents is 1. The Morgan fingerprint density at radius 3 is 2.59 bits per heavy atom. The molecule has 0 radical (unpaired) electrons. The van der Waals surface area contributed by atoms with Crippen molar-refractivity contribution in [2.75, 3.05) is 13.2 Å². The number of nitro benzene ring substituents is 1. The number of nitro groups is 1. The zero-order valence-electron chi connectivity index (χ0n) is 16.8. The summed E-state index contributed by atoms with van der Waals surface area (Å²) in [5, 5.41) is 10.7. The lowest BCUT2D eigenvalue weighted by atomic mass is 10.2. The van der Waals surface area contributed by atoms with Gasteiger partial charge in [0, 0.05) is 18.7 Å². The molecule has 4 rings (SSSR count). The van der Waals surface area contributed by atoms with E-state index in [1.54, 1.807) is 35.2 Å². The highest BCUT2D eigenvalue weighted by atomic mass is 32.2. The minimum Gasteiger partial charge on any atom is -0.423 e. The fourth-order valence-electron chi connectivity index (χ4n) is 3.32. The third-order valence-electron chi connectivity index (χ3n) is 4.99. The van der Waals surface area contributed by atoms with E-state index >= 15 is 0 Å². The van der Waals surface area contributed by atoms with E-state index in [0.717, 1.165) is 25.0 Å². The SMILES string of the molecule is O=C(Oc1ccc(/C=C2\SC(=S)N(CC3CCCO3)C2=O)cc1)c1ccc([N+](=O)[O-])cc1. The second-order valence-corrected chi connectivity index (χ2v) is 8.87. The van der Waals surface area contributed by atoms with Crippen LogP contribution in [0, 0.1) is 10.1 Å². The first kappa shape index (κ1) is 22.1. The van der Waals surface area contributed by atoms with Crippen molar-refractivity contribution in [3.05, 3.63) is 74.7 Å². The Kier molecular flexibility index (Phi) is 6.63. The predicted molar refractivity (Wildman–Crippen MR) is 123 cm³/mol. The highest BCUT2D eigenvalue weighted by molar-refractivity contribution is 8.26. The van der Waals surface area contributed by atoms with Gasteiger partial charge in [0.25, 0.3) is 11.6 Å². The van der Waals surface area contributed by atoms with Gasteiger partial charge in [0.05, 0.1) is 28.0 Å². The number of carbonyl (C=O) groups excluding carboxylic acids is 2. The number of thiocarbonyl (C=S) groups is 1. The molecule has 1 amide bonds. The summed E-state index contributed by atoms with van der Waals surface area (Å²) < 4.78 is 11.4. The predicted octanol–water partition coefficient (Wildman–Crippen LogP) is 4.19. The van der Waals surface area contributed by atoms with E-state index in [1.165, 1.54) is 36.0 Å². The van der Waals surface area contributed by atoms with E-state index in [1.807, 2.05) is 0 Å². The van der Waals surface area contributed by atoms with Gasteiger partial charge in [-0.05, 0) is 48.7 Å². The second kappa shape index (κ2) is 9.60. The molecule has 2 fully saturated rings. The van der Waals surface area contributed by atoms with Gasteiger partial charge in [0.15, 0.2) is 0 Å². The number of thioether (sulfide) groups is 1. The quantitative estimate of drug-likeness (QED) is 0.155. The van der Waals surface area contributed by atoms with E-state index in [2.05, 4.69) is 0 Å². The van der Waals surface area contributed by atoms with Gasteiger partial charge in [-0.2, -0.15) is 0 Å². The lowest BCUT2D eigenvalue weighted by Crippen LogP contribution is -2.35. The fraction of sp³-hybridized carbons (Fsp3) is 0.227. The molecule has 2 aromatic carbocycles. The first-order chi connectivity index (χ1) is 15.4. The topological polar surface area (TPSA) is 99.0 Å². The molecule has 0 aliphatic carbocycles. The summed E-state index contributed by atoms with van der Waals surface area (Å²) in [5.74, 6) is -0.441. The van der Waals surface area contributed by atoms with Gasteiger partial charge in [-0.3, -0.25) is 19.8 Å². The minimum absolute atomic E-state index is 0.0292. The number of rotatable bonds is 6. The molecule has 2 saturated heterocycles. The van der Waals surface area contributed by atoms with Crippen LogP contribution in [0.4, 0.5) is 5.69 Å². The van der Waals surface area contributed by atoms with E-state index in [0.29, 0.717) is 21.5 Å². The first-order valence-electron chi connectivity index (χ1n) is 9.84. The number of ether oxygens (including phenoxy) is 2. The van der Waals surface area contributed by atoms with Crippen molar-refractivity contribution in [3.8, 4) is 5.75 Å². The first-order valence-corrected chi connectivity index (χ1v) is 11.1. The van der Waals surface area contributed by atoms with Crippen LogP contribution in [0.3, 0.4) is 0 Å². The van der Waals surface area contributed by atoms with Crippen LogP contribution in [-0.2, 0) is 9.53 Å². The van der Waals surface area contributed by atoms with Crippen molar-refractivity contribution in [1.82, 2.24) is 4.90 Å². The van der Waals surface area contributed by atoms with Gasteiger partial charge in [-0.25, -0.2) is 4.79 Å². The molecule has 1 unspecified atom stereocenters. The second-order valence-electron chi connectivity index (χ2n) is 7.19. The largest absolute Gasteiger partial charge is 0.423 e. The number of carbonyl (C=O) groups is 2. The van der Waals surface area contributed by atoms with E-state index < -0.39 is 10.9 Å². The highest BCUT2D eigenvalue weighted by Crippen LogP contribution is 2.33. The van der Waals surface area contributed by atoms with Crippen molar-refractivity contribution >= 4 is 51.9 Å². The van der Waals surface area contributed by atoms with Gasteiger partial charge in [-0.15, -0.1) is 0 Å². The molecule has 8 nitrogen and oxygen atoms in total. The molecule has 32 heavy (non-hydrogen) atoms. The van der Waals surface area contributed by atoms with Crippen LogP contribution < -0.4 is 4.74 Å². The molecule has 0 saturated carbocycles. The summed E-state index contributed by atoms with van der Waals surface area (Å²) in [6.45, 7) is 1.19. The lowest BCUT2D eigenvalue weighted by Gasteiger charge is -2.18. The molecule has 0 N–H and O–H groups in total. The third-order valence-corrected chi connectivity index (χ3v) is 6.36. The zero-order valence-corrected chi connectivity index (χ0v) is 18.4. The van der Waals surface area contributed by atoms with Crippen molar-refractivity contribution in [3.63, 3.8) is 0 Å². The average molecular weight is 471 g/mol. The fourth-order valence-corrected chi connectivity index (χ4v) is 4.59. The van der Waals surface area contributed by atoms with Crippen LogP contribution in [0.2, 0.25) is 0 Å². The standard InChI is InChI=1S/C22H18N2O6S2/c25-20-19(32-22(31)23(20)13-18-2-1-11-29-18)12-14-3-9-17(10-4-14)30-21(26)15-5-7-16(8-6-15)24(27)28/h3-10,12,18H,1-2,11,13H2/b19-12-. The van der Waals surface area contributed by atoms with Crippen molar-refractivity contribution in [2.24, 2.45) is 0 Å². The van der Waals surface area contributed by atoms with Crippen molar-refractivity contribution in [1.29, 1.82) is 0 Å². The van der Waals surface area contributed by atoms with Crippen LogP contribution >= 0.6 is 24.0 Å². The Bertz CT molecular complexity index is 1090.